The predicted molar refractivity (Wildman–Crippen MR) is 91.9 cm³/mol. The second kappa shape index (κ2) is 5.31. The van der Waals surface area contributed by atoms with Gasteiger partial charge in [-0.3, -0.25) is 4.79 Å². The summed E-state index contributed by atoms with van der Waals surface area (Å²) in [6, 6.07) is 0. The summed E-state index contributed by atoms with van der Waals surface area (Å²) in [5.74, 6) is 3.95. The highest BCUT2D eigenvalue weighted by atomic mass is 16.3. The SMILES string of the molecule is C[C@@H]1C(=O)CC[C@H]2[C@@H]3CC[C@@H]4C[C@H](O)CC[C@]4(C)[C@H]3CC[C@]12C. The summed E-state index contributed by atoms with van der Waals surface area (Å²) in [6.07, 6.45) is 10.4. The van der Waals surface area contributed by atoms with Crippen molar-refractivity contribution in [1.82, 2.24) is 0 Å². The molecule has 2 heteroatoms. The van der Waals surface area contributed by atoms with Crippen LogP contribution >= 0.6 is 0 Å². The quantitative estimate of drug-likeness (QED) is 0.709. The van der Waals surface area contributed by atoms with Crippen molar-refractivity contribution in [3.05, 3.63) is 0 Å². The van der Waals surface area contributed by atoms with Gasteiger partial charge >= 0.3 is 0 Å². The molecule has 0 saturated heterocycles. The van der Waals surface area contributed by atoms with E-state index >= 15 is 0 Å². The number of carbonyl (C=O) groups is 1. The van der Waals surface area contributed by atoms with Gasteiger partial charge in [0.1, 0.15) is 5.78 Å². The highest BCUT2D eigenvalue weighted by Gasteiger charge is 2.59. The second-order valence-electron chi connectivity index (χ2n) is 9.86. The van der Waals surface area contributed by atoms with E-state index in [0.29, 0.717) is 11.2 Å². The summed E-state index contributed by atoms with van der Waals surface area (Å²) < 4.78 is 0. The number of rotatable bonds is 0. The number of hydrogen-bond donors (Lipinski definition) is 1. The van der Waals surface area contributed by atoms with Crippen LogP contribution in [-0.2, 0) is 4.79 Å². The van der Waals surface area contributed by atoms with Crippen LogP contribution in [0.15, 0.2) is 0 Å². The van der Waals surface area contributed by atoms with Crippen LogP contribution in [0.3, 0.4) is 0 Å². The lowest BCUT2D eigenvalue weighted by Gasteiger charge is -2.63. The molecule has 4 saturated carbocycles. The van der Waals surface area contributed by atoms with Crippen molar-refractivity contribution in [3.63, 3.8) is 0 Å². The lowest BCUT2D eigenvalue weighted by molar-refractivity contribution is -0.160. The summed E-state index contributed by atoms with van der Waals surface area (Å²) in [6.45, 7) is 7.17. The van der Waals surface area contributed by atoms with Crippen LogP contribution in [0.2, 0.25) is 0 Å². The fourth-order valence-corrected chi connectivity index (χ4v) is 7.55. The zero-order valence-electron chi connectivity index (χ0n) is 15.2. The van der Waals surface area contributed by atoms with Gasteiger partial charge in [0.2, 0.25) is 0 Å². The minimum Gasteiger partial charge on any atom is -0.393 e. The van der Waals surface area contributed by atoms with Gasteiger partial charge in [-0.25, -0.2) is 0 Å². The van der Waals surface area contributed by atoms with E-state index in [1.807, 2.05) is 0 Å². The van der Waals surface area contributed by atoms with Crippen molar-refractivity contribution < 1.29 is 9.90 Å². The molecule has 0 aromatic carbocycles. The average molecular weight is 319 g/mol. The molecule has 1 N–H and O–H groups in total. The Bertz CT molecular complexity index is 500. The van der Waals surface area contributed by atoms with Gasteiger partial charge in [-0.15, -0.1) is 0 Å². The fraction of sp³-hybridized carbons (Fsp3) is 0.952. The van der Waals surface area contributed by atoms with Gasteiger partial charge in [0.15, 0.2) is 0 Å². The summed E-state index contributed by atoms with van der Waals surface area (Å²) in [5.41, 5.74) is 0.710. The average Bonchev–Trinajstić information content (AvgIpc) is 2.52. The van der Waals surface area contributed by atoms with E-state index in [9.17, 15) is 9.90 Å². The summed E-state index contributed by atoms with van der Waals surface area (Å²) >= 11 is 0. The highest BCUT2D eigenvalue weighted by Crippen LogP contribution is 2.65. The van der Waals surface area contributed by atoms with Gasteiger partial charge in [-0.2, -0.15) is 0 Å². The maximum absolute atomic E-state index is 12.3. The lowest BCUT2D eigenvalue weighted by Crippen LogP contribution is -2.57. The molecule has 0 radical (unpaired) electrons. The monoisotopic (exact) mass is 318 g/mol. The third kappa shape index (κ3) is 2.19. The minimum absolute atomic E-state index is 0.0502. The molecule has 23 heavy (non-hydrogen) atoms. The number of carbonyl (C=O) groups excluding carboxylic acids is 1. The number of fused-ring (bicyclic) bond motifs is 5. The Morgan fingerprint density at radius 2 is 1.65 bits per heavy atom. The van der Waals surface area contributed by atoms with E-state index in [1.54, 1.807) is 0 Å². The molecule has 0 bridgehead atoms. The van der Waals surface area contributed by atoms with Crippen LogP contribution in [0.4, 0.5) is 0 Å². The van der Waals surface area contributed by atoms with Crippen LogP contribution in [0.1, 0.15) is 78.6 Å². The minimum atomic E-state index is -0.0502. The van der Waals surface area contributed by atoms with E-state index in [1.165, 1.54) is 32.1 Å². The largest absolute Gasteiger partial charge is 0.393 e. The van der Waals surface area contributed by atoms with Gasteiger partial charge in [-0.1, -0.05) is 20.8 Å². The molecule has 0 aromatic rings. The van der Waals surface area contributed by atoms with Crippen LogP contribution in [0, 0.1) is 40.4 Å². The van der Waals surface area contributed by atoms with E-state index in [4.69, 9.17) is 0 Å². The highest BCUT2D eigenvalue weighted by molar-refractivity contribution is 5.82. The molecule has 2 nitrogen and oxygen atoms in total. The van der Waals surface area contributed by atoms with Crippen LogP contribution in [-0.4, -0.2) is 17.0 Å². The zero-order chi connectivity index (χ0) is 16.4. The Balaban J connectivity index is 1.63. The first kappa shape index (κ1) is 16.1. The number of hydrogen-bond acceptors (Lipinski definition) is 2. The first-order chi connectivity index (χ1) is 10.9. The van der Waals surface area contributed by atoms with E-state index < -0.39 is 0 Å². The smallest absolute Gasteiger partial charge is 0.136 e. The molecule has 130 valence electrons. The fourth-order valence-electron chi connectivity index (χ4n) is 7.55. The topological polar surface area (TPSA) is 37.3 Å². The maximum Gasteiger partial charge on any atom is 0.136 e. The predicted octanol–water partition coefficient (Wildman–Crippen LogP) is 4.60. The molecular weight excluding hydrogens is 284 g/mol. The van der Waals surface area contributed by atoms with Crippen LogP contribution in [0.5, 0.6) is 0 Å². The van der Waals surface area contributed by atoms with Crippen molar-refractivity contribution in [2.24, 2.45) is 40.4 Å². The van der Waals surface area contributed by atoms with Gasteiger partial charge in [-0.05, 0) is 85.9 Å². The number of aliphatic hydroxyl groups is 1. The normalized spacial score (nSPS) is 56.4. The van der Waals surface area contributed by atoms with Gasteiger partial charge in [0.05, 0.1) is 6.10 Å². The first-order valence-corrected chi connectivity index (χ1v) is 10.1. The third-order valence-corrected chi connectivity index (χ3v) is 9.25. The molecule has 4 aliphatic rings. The molecule has 0 amide bonds. The number of Topliss-reactive ketones (excluding diaryl/α,β-unsaturated/α-hetero) is 1. The Labute approximate surface area is 141 Å². The van der Waals surface area contributed by atoms with Gasteiger partial charge in [0, 0.05) is 12.3 Å². The Morgan fingerprint density at radius 1 is 0.957 bits per heavy atom. The summed E-state index contributed by atoms with van der Waals surface area (Å²) in [7, 11) is 0. The van der Waals surface area contributed by atoms with E-state index in [0.717, 1.165) is 49.4 Å². The Kier molecular flexibility index (Phi) is 3.72. The van der Waals surface area contributed by atoms with Crippen molar-refractivity contribution in [2.45, 2.75) is 84.7 Å². The van der Waals surface area contributed by atoms with Gasteiger partial charge in [0.25, 0.3) is 0 Å². The molecule has 0 heterocycles. The Morgan fingerprint density at radius 3 is 2.43 bits per heavy atom. The van der Waals surface area contributed by atoms with Crippen molar-refractivity contribution >= 4 is 5.78 Å². The molecule has 4 aliphatic carbocycles. The third-order valence-electron chi connectivity index (χ3n) is 9.25. The molecule has 4 rings (SSSR count). The maximum atomic E-state index is 12.3. The van der Waals surface area contributed by atoms with Crippen LogP contribution < -0.4 is 0 Å². The van der Waals surface area contributed by atoms with Crippen molar-refractivity contribution in [3.8, 4) is 0 Å². The summed E-state index contributed by atoms with van der Waals surface area (Å²) in [4.78, 5) is 12.3. The Hall–Kier alpha value is -0.370. The molecule has 0 spiro atoms. The van der Waals surface area contributed by atoms with E-state index in [-0.39, 0.29) is 17.4 Å². The van der Waals surface area contributed by atoms with Crippen LogP contribution in [0.25, 0.3) is 0 Å². The molecule has 0 aromatic heterocycles. The standard InChI is InChI=1S/C21H34O2/c1-13-19(23)7-6-17-16-5-4-14-12-15(22)8-10-21(14,3)18(16)9-11-20(13,17)2/h13-18,22H,4-12H2,1-3H3/t13-,14-,15-,16+,17+,18+,20-,21+/m1/s1. The molecule has 0 aliphatic heterocycles. The first-order valence-electron chi connectivity index (χ1n) is 10.1. The number of aliphatic hydroxyl groups excluding tert-OH is 1. The van der Waals surface area contributed by atoms with Crippen molar-refractivity contribution in [2.75, 3.05) is 0 Å². The molecule has 8 atom stereocenters. The summed E-state index contributed by atoms with van der Waals surface area (Å²) in [5, 5.41) is 10.1. The molecular formula is C21H34O2. The number of ketones is 1. The van der Waals surface area contributed by atoms with E-state index in [2.05, 4.69) is 20.8 Å². The lowest BCUT2D eigenvalue weighted by atomic mass is 9.42. The second-order valence-corrected chi connectivity index (χ2v) is 9.86. The van der Waals surface area contributed by atoms with Gasteiger partial charge < -0.3 is 5.11 Å². The van der Waals surface area contributed by atoms with Crippen molar-refractivity contribution in [1.29, 1.82) is 0 Å². The molecule has 4 fully saturated rings. The zero-order valence-corrected chi connectivity index (χ0v) is 15.2. The molecule has 0 unspecified atom stereocenters.